The molecule has 0 radical (unpaired) electrons. The molecular formula is C59H77N9O22+2. The van der Waals surface area contributed by atoms with Crippen LogP contribution in [0.5, 0.6) is 0 Å². The number of carbonyl (C=O) groups excluding carboxylic acids is 7. The number of esters is 2. The van der Waals surface area contributed by atoms with Gasteiger partial charge in [0, 0.05) is 93.3 Å². The van der Waals surface area contributed by atoms with E-state index in [9.17, 15) is 38.7 Å². The van der Waals surface area contributed by atoms with E-state index < -0.39 is 171 Å². The Labute approximate surface area is 517 Å². The number of rotatable bonds is 8. The molecule has 0 saturated carbocycles. The summed E-state index contributed by atoms with van der Waals surface area (Å²) < 4.78 is 90.3. The monoisotopic (exact) mass is 1260 g/mol. The summed E-state index contributed by atoms with van der Waals surface area (Å²) >= 11 is 0. The molecule has 31 nitrogen and oxygen atoms in total. The average Bonchev–Trinajstić information content (AvgIpc) is 1.14. The number of methoxy groups -OCH3 is 7. The molecule has 7 amide bonds. The SMILES string of the molecule is COC1C2OCC3OC4OCC5O[C@H](OC)C(NC(=O)/C=C/C6C=[N+](C[C@@H](C)C(CCn7cc(c8c(N)ncnc87)C#CCCC(=O)O[C@H]1[C@H](OC)C(CO)O2)C[N+]1=CC(C#CCCC(=O)O[C@H](C4OC)[C@@H]3OC)C(=O)NC1=O)C(=O)NC6=O)[C@@H](OC)[C@@H]5OC. The highest BCUT2D eigenvalue weighted by Gasteiger charge is 2.54. The van der Waals surface area contributed by atoms with Crippen LogP contribution in [-0.4, -0.2) is 258 Å². The summed E-state index contributed by atoms with van der Waals surface area (Å²) in [6.07, 6.45) is -8.49. The third-order valence-electron chi connectivity index (χ3n) is 16.8. The maximum absolute atomic E-state index is 14.1. The molecule has 11 unspecified atom stereocenters. The van der Waals surface area contributed by atoms with Gasteiger partial charge in [-0.3, -0.25) is 14.4 Å². The molecule has 0 spiro atoms. The Kier molecular flexibility index (Phi) is 22.9. The van der Waals surface area contributed by atoms with Crippen LogP contribution < -0.4 is 21.7 Å². The molecule has 10 heterocycles. The number of nitrogen functional groups attached to an aromatic ring is 1. The third kappa shape index (κ3) is 15.1. The molecule has 6 N–H and O–H groups in total. The van der Waals surface area contributed by atoms with E-state index in [2.05, 4.69) is 49.6 Å². The number of nitrogens with two attached hydrogens (primary N) is 1. The number of aliphatic hydroxyl groups excluding tert-OH is 1. The van der Waals surface area contributed by atoms with E-state index in [4.69, 9.17) is 72.0 Å². The third-order valence-corrected chi connectivity index (χ3v) is 16.8. The Morgan fingerprint density at radius 3 is 1.97 bits per heavy atom. The van der Waals surface area contributed by atoms with Gasteiger partial charge in [-0.2, -0.15) is 24.8 Å². The zero-order valence-electron chi connectivity index (χ0n) is 51.0. The van der Waals surface area contributed by atoms with Gasteiger partial charge in [-0.1, -0.05) is 30.8 Å². The molecule has 19 atom stereocenters. The highest BCUT2D eigenvalue weighted by atomic mass is 16.8. The summed E-state index contributed by atoms with van der Waals surface area (Å²) in [5, 5.41) is 18.7. The fourth-order valence-electron chi connectivity index (χ4n) is 12.1. The van der Waals surface area contributed by atoms with Gasteiger partial charge < -0.3 is 87.0 Å². The van der Waals surface area contributed by atoms with Gasteiger partial charge in [-0.05, 0) is 6.42 Å². The number of imide groups is 2. The predicted molar refractivity (Wildman–Crippen MR) is 306 cm³/mol. The van der Waals surface area contributed by atoms with E-state index in [1.54, 1.807) is 6.20 Å². The number of nitrogens with zero attached hydrogens (tertiary/aromatic N) is 5. The first-order chi connectivity index (χ1) is 43.4. The van der Waals surface area contributed by atoms with Gasteiger partial charge in [-0.15, -0.1) is 5.92 Å². The van der Waals surface area contributed by atoms with Crippen molar-refractivity contribution in [2.24, 2.45) is 23.7 Å². The van der Waals surface area contributed by atoms with Crippen LogP contribution >= 0.6 is 0 Å². The number of urea groups is 2. The first-order valence-corrected chi connectivity index (χ1v) is 29.3. The molecule has 2 aromatic heterocycles. The predicted octanol–water partition coefficient (Wildman–Crippen LogP) is -1.70. The maximum Gasteiger partial charge on any atom is 0.498 e. The van der Waals surface area contributed by atoms with E-state index in [0.717, 1.165) is 6.08 Å². The number of carbonyl (C=O) groups is 7. The molecule has 0 aliphatic carbocycles. The van der Waals surface area contributed by atoms with Crippen LogP contribution in [0, 0.1) is 47.4 Å². The van der Waals surface area contributed by atoms with Gasteiger partial charge in [0.2, 0.25) is 5.91 Å². The number of anilines is 1. The largest absolute Gasteiger partial charge is 0.498 e. The van der Waals surface area contributed by atoms with Crippen molar-refractivity contribution < 1.29 is 114 Å². The summed E-state index contributed by atoms with van der Waals surface area (Å²) in [6.45, 7) is 0.720. The molecule has 90 heavy (non-hydrogen) atoms. The van der Waals surface area contributed by atoms with Crippen molar-refractivity contribution in [3.63, 3.8) is 0 Å². The molecule has 2 aromatic rings. The van der Waals surface area contributed by atoms with Crippen LogP contribution in [0.2, 0.25) is 0 Å². The molecule has 488 valence electrons. The molecule has 14 bridgehead atoms. The summed E-state index contributed by atoms with van der Waals surface area (Å²) in [7, 11) is 9.56. The number of nitrogens with one attached hydrogen (secondary N) is 3. The zero-order valence-corrected chi connectivity index (χ0v) is 51.0. The maximum atomic E-state index is 14.1. The first-order valence-electron chi connectivity index (χ1n) is 29.3. The molecule has 31 heteroatoms. The van der Waals surface area contributed by atoms with Crippen LogP contribution in [0.15, 0.2) is 24.7 Å². The lowest BCUT2D eigenvalue weighted by Crippen LogP contribution is -2.66. The Morgan fingerprint density at radius 1 is 0.711 bits per heavy atom. The van der Waals surface area contributed by atoms with Crippen LogP contribution in [0.25, 0.3) is 11.0 Å². The van der Waals surface area contributed by atoms with Crippen LogP contribution in [-0.2, 0) is 96.8 Å². The van der Waals surface area contributed by atoms with Crippen LogP contribution in [0.3, 0.4) is 0 Å². The van der Waals surface area contributed by atoms with Gasteiger partial charge in [0.1, 0.15) is 84.7 Å². The number of fused-ring (bicyclic) bond motifs is 14. The summed E-state index contributed by atoms with van der Waals surface area (Å²) in [6, 6.07) is -2.51. The topological polar surface area (TPSA) is 368 Å². The van der Waals surface area contributed by atoms with Crippen molar-refractivity contribution >= 4 is 71.0 Å². The fraction of sp³-hybridized carbons (Fsp3) is 0.644. The number of aromatic nitrogens is 3. The number of aliphatic hydroxyl groups is 1. The van der Waals surface area contributed by atoms with Crippen LogP contribution in [0.4, 0.5) is 15.4 Å². The Morgan fingerprint density at radius 2 is 1.32 bits per heavy atom. The number of amides is 7. The lowest BCUT2D eigenvalue weighted by molar-refractivity contribution is -0.457. The van der Waals surface area contributed by atoms with Gasteiger partial charge in [0.05, 0.1) is 69.1 Å². The van der Waals surface area contributed by atoms with E-state index in [-0.39, 0.29) is 57.7 Å². The Hall–Kier alpha value is -7.21. The van der Waals surface area contributed by atoms with E-state index in [1.807, 2.05) is 11.5 Å². The van der Waals surface area contributed by atoms with Crippen molar-refractivity contribution in [2.45, 2.75) is 138 Å². The van der Waals surface area contributed by atoms with Gasteiger partial charge in [0.15, 0.2) is 37.0 Å². The zero-order chi connectivity index (χ0) is 64.3. The summed E-state index contributed by atoms with van der Waals surface area (Å²) in [5.74, 6) is 5.23. The van der Waals surface area contributed by atoms with Gasteiger partial charge in [0.25, 0.3) is 0 Å². The van der Waals surface area contributed by atoms with E-state index >= 15 is 0 Å². The number of hydrogen-bond donors (Lipinski definition) is 5. The molecular weight excluding hydrogens is 1190 g/mol. The second kappa shape index (κ2) is 30.7. The number of ether oxygens (including phenoxy) is 14. The average molecular weight is 1260 g/mol. The Bertz CT molecular complexity index is 3210. The highest BCUT2D eigenvalue weighted by Crippen LogP contribution is 2.35. The van der Waals surface area contributed by atoms with Crippen molar-refractivity contribution in [3.05, 3.63) is 30.2 Å². The smallest absolute Gasteiger partial charge is 0.456 e. The molecule has 3 fully saturated rings. The minimum atomic E-state index is -1.41. The van der Waals surface area contributed by atoms with E-state index in [1.165, 1.54) is 83.8 Å². The quantitative estimate of drug-likeness (QED) is 0.112. The number of aryl methyl sites for hydroxylation is 1. The Balaban J connectivity index is 1.15. The van der Waals surface area contributed by atoms with E-state index in [0.29, 0.717) is 23.0 Å². The summed E-state index contributed by atoms with van der Waals surface area (Å²) in [4.78, 5) is 105. The normalized spacial score (nSPS) is 35.6. The minimum absolute atomic E-state index is 0.00370. The number of hydrogen-bond acceptors (Lipinski definition) is 25. The molecule has 8 aliphatic rings. The molecule has 3 saturated heterocycles. The second-order valence-electron chi connectivity index (χ2n) is 22.3. The summed E-state index contributed by atoms with van der Waals surface area (Å²) in [5.41, 5.74) is 7.33. The van der Waals surface area contributed by atoms with Crippen molar-refractivity contribution in [1.29, 1.82) is 0 Å². The van der Waals surface area contributed by atoms with Crippen molar-refractivity contribution in [3.8, 4) is 23.7 Å². The van der Waals surface area contributed by atoms with Gasteiger partial charge >= 0.3 is 35.8 Å². The lowest BCUT2D eigenvalue weighted by Gasteiger charge is -2.47. The van der Waals surface area contributed by atoms with Crippen molar-refractivity contribution in [2.75, 3.05) is 88.4 Å². The lowest BCUT2D eigenvalue weighted by atomic mass is 9.89. The molecule has 10 rings (SSSR count). The molecule has 0 aromatic carbocycles. The van der Waals surface area contributed by atoms with Crippen molar-refractivity contribution in [1.82, 2.24) is 30.5 Å². The van der Waals surface area contributed by atoms with Gasteiger partial charge in [-0.25, -0.2) is 24.1 Å². The molecule has 8 aliphatic heterocycles. The highest BCUT2D eigenvalue weighted by molar-refractivity contribution is 6.06. The minimum Gasteiger partial charge on any atom is -0.456 e. The standard InChI is InChI=1S/C59H75N9O22/c1-30-21-67-25-34(54(74)65-58(67)75)17-18-38(70)63-42-46(80-5)44(78-3)36(87-55(42)83-8)27-85-57-50(82-7)48-45(79-4)37(88-57)28-84-56-49(81-6)47(43(77-2)35(26-69)86-56)89-39(71)15-11-9-13-32-23-66(52-41(32)51(60)61-29-62-52)20-19-31(30)22-68-24-33(53(73)64-59(68)76)14-10-12-16-40(72)90-48/h17-18,23-25,29-31,33-37,42-50,55-57,69H,11-12,15-16,19-22,26-28H2,1-8H3,(H3-2,60,61,62,63,64,65,70,73,74,75,76)/p+2/b18-17+/t30-,31?,33?,34?,35?,36?,37?,42?,43-,44-,45-,46-,47+,48+,49?,50?,55+,56?,57?/m1/s1. The first kappa shape index (κ1) is 67.2. The fourth-order valence-corrected chi connectivity index (χ4v) is 12.1. The second-order valence-corrected chi connectivity index (χ2v) is 22.3. The van der Waals surface area contributed by atoms with Crippen LogP contribution in [0.1, 0.15) is 44.6 Å².